The molecule has 5 heteroatoms. The zero-order valence-corrected chi connectivity index (χ0v) is 12.2. The van der Waals surface area contributed by atoms with Crippen molar-refractivity contribution >= 4 is 5.82 Å². The van der Waals surface area contributed by atoms with Gasteiger partial charge in [0.15, 0.2) is 5.82 Å². The maximum absolute atomic E-state index is 5.90. The van der Waals surface area contributed by atoms with Gasteiger partial charge in [-0.15, -0.1) is 0 Å². The highest BCUT2D eigenvalue weighted by Crippen LogP contribution is 2.30. The summed E-state index contributed by atoms with van der Waals surface area (Å²) in [4.78, 5) is 8.38. The summed E-state index contributed by atoms with van der Waals surface area (Å²) in [7, 11) is 1.59. The smallest absolute Gasteiger partial charge is 0.224 e. The SMILES string of the molecule is COCc1nc(N)cc(Oc2c(C)ccc(C)c2C)n1. The summed E-state index contributed by atoms with van der Waals surface area (Å²) in [6.45, 7) is 6.38. The third-order valence-corrected chi connectivity index (χ3v) is 3.12. The molecule has 0 aliphatic carbocycles. The van der Waals surface area contributed by atoms with Gasteiger partial charge < -0.3 is 15.2 Å². The highest BCUT2D eigenvalue weighted by Gasteiger charge is 2.10. The van der Waals surface area contributed by atoms with Gasteiger partial charge in [-0.1, -0.05) is 12.1 Å². The van der Waals surface area contributed by atoms with Crippen molar-refractivity contribution in [3.63, 3.8) is 0 Å². The van der Waals surface area contributed by atoms with E-state index in [1.165, 1.54) is 5.56 Å². The Morgan fingerprint density at radius 2 is 1.80 bits per heavy atom. The highest BCUT2D eigenvalue weighted by atomic mass is 16.5. The number of hydrogen-bond donors (Lipinski definition) is 1. The molecule has 0 saturated heterocycles. The Morgan fingerprint density at radius 1 is 1.10 bits per heavy atom. The zero-order valence-electron chi connectivity index (χ0n) is 12.2. The van der Waals surface area contributed by atoms with Gasteiger partial charge in [0.2, 0.25) is 5.88 Å². The van der Waals surface area contributed by atoms with E-state index in [-0.39, 0.29) is 0 Å². The molecule has 106 valence electrons. The Kier molecular flexibility index (Phi) is 4.20. The summed E-state index contributed by atoms with van der Waals surface area (Å²) >= 11 is 0. The lowest BCUT2D eigenvalue weighted by Gasteiger charge is -2.13. The molecule has 2 aromatic rings. The fraction of sp³-hybridized carbons (Fsp3) is 0.333. The first-order valence-corrected chi connectivity index (χ1v) is 6.38. The molecule has 0 saturated carbocycles. The molecule has 0 atom stereocenters. The molecule has 5 nitrogen and oxygen atoms in total. The third kappa shape index (κ3) is 3.05. The zero-order chi connectivity index (χ0) is 14.7. The number of ether oxygens (including phenoxy) is 2. The van der Waals surface area contributed by atoms with E-state index < -0.39 is 0 Å². The Hall–Kier alpha value is -2.14. The molecular weight excluding hydrogens is 254 g/mol. The first kappa shape index (κ1) is 14.3. The normalized spacial score (nSPS) is 10.6. The van der Waals surface area contributed by atoms with Crippen molar-refractivity contribution in [3.8, 4) is 11.6 Å². The van der Waals surface area contributed by atoms with Crippen LogP contribution < -0.4 is 10.5 Å². The summed E-state index contributed by atoms with van der Waals surface area (Å²) in [5, 5.41) is 0. The molecule has 0 aliphatic rings. The van der Waals surface area contributed by atoms with Crippen LogP contribution in [0.2, 0.25) is 0 Å². The number of aromatic nitrogens is 2. The lowest BCUT2D eigenvalue weighted by Crippen LogP contribution is -2.03. The van der Waals surface area contributed by atoms with Gasteiger partial charge in [0, 0.05) is 13.2 Å². The van der Waals surface area contributed by atoms with Crippen molar-refractivity contribution in [2.24, 2.45) is 0 Å². The number of nitrogens with zero attached hydrogens (tertiary/aromatic N) is 2. The van der Waals surface area contributed by atoms with Crippen LogP contribution in [0.3, 0.4) is 0 Å². The largest absolute Gasteiger partial charge is 0.438 e. The lowest BCUT2D eigenvalue weighted by atomic mass is 10.1. The van der Waals surface area contributed by atoms with Crippen LogP contribution in [0.5, 0.6) is 11.6 Å². The molecule has 0 bridgehead atoms. The van der Waals surface area contributed by atoms with Crippen LogP contribution in [0.1, 0.15) is 22.5 Å². The molecule has 1 heterocycles. The molecule has 0 spiro atoms. The Balaban J connectivity index is 2.37. The predicted molar refractivity (Wildman–Crippen MR) is 77.9 cm³/mol. The first-order valence-electron chi connectivity index (χ1n) is 6.38. The summed E-state index contributed by atoms with van der Waals surface area (Å²) in [6.07, 6.45) is 0. The Bertz CT molecular complexity index is 627. The molecule has 2 N–H and O–H groups in total. The van der Waals surface area contributed by atoms with Crippen molar-refractivity contribution in [2.45, 2.75) is 27.4 Å². The van der Waals surface area contributed by atoms with Gasteiger partial charge in [0.25, 0.3) is 0 Å². The second-order valence-corrected chi connectivity index (χ2v) is 4.74. The Morgan fingerprint density at radius 3 is 2.50 bits per heavy atom. The van der Waals surface area contributed by atoms with Crippen molar-refractivity contribution in [2.75, 3.05) is 12.8 Å². The van der Waals surface area contributed by atoms with E-state index >= 15 is 0 Å². The van der Waals surface area contributed by atoms with Gasteiger partial charge >= 0.3 is 0 Å². The minimum atomic E-state index is 0.299. The summed E-state index contributed by atoms with van der Waals surface area (Å²) < 4.78 is 10.9. The molecule has 2 rings (SSSR count). The fourth-order valence-electron chi connectivity index (χ4n) is 1.93. The molecule has 0 amide bonds. The average molecular weight is 273 g/mol. The van der Waals surface area contributed by atoms with E-state index in [1.54, 1.807) is 13.2 Å². The van der Waals surface area contributed by atoms with E-state index in [9.17, 15) is 0 Å². The maximum Gasteiger partial charge on any atom is 0.224 e. The van der Waals surface area contributed by atoms with Crippen LogP contribution in [-0.4, -0.2) is 17.1 Å². The van der Waals surface area contributed by atoms with Gasteiger partial charge in [-0.05, 0) is 37.5 Å². The van der Waals surface area contributed by atoms with Crippen LogP contribution >= 0.6 is 0 Å². The predicted octanol–water partition coefficient (Wildman–Crippen LogP) is 2.92. The van der Waals surface area contributed by atoms with Gasteiger partial charge in [-0.25, -0.2) is 4.98 Å². The summed E-state index contributed by atoms with van der Waals surface area (Å²) in [6, 6.07) is 5.71. The standard InChI is InChI=1S/C15H19N3O2/c1-9-5-6-10(2)15(11(9)3)20-14-7-12(16)17-13(18-14)8-19-4/h5-7H,8H2,1-4H3,(H2,16,17,18). The maximum atomic E-state index is 5.90. The molecule has 20 heavy (non-hydrogen) atoms. The van der Waals surface area contributed by atoms with Crippen molar-refractivity contribution < 1.29 is 9.47 Å². The topological polar surface area (TPSA) is 70.3 Å². The van der Waals surface area contributed by atoms with Gasteiger partial charge in [-0.3, -0.25) is 0 Å². The summed E-state index contributed by atoms with van der Waals surface area (Å²) in [5.41, 5.74) is 9.08. The second-order valence-electron chi connectivity index (χ2n) is 4.74. The minimum absolute atomic E-state index is 0.299. The molecule has 1 aromatic heterocycles. The number of methoxy groups -OCH3 is 1. The molecule has 0 fully saturated rings. The minimum Gasteiger partial charge on any atom is -0.438 e. The second kappa shape index (κ2) is 5.88. The van der Waals surface area contributed by atoms with E-state index in [0.717, 1.165) is 16.9 Å². The lowest BCUT2D eigenvalue weighted by molar-refractivity contribution is 0.177. The van der Waals surface area contributed by atoms with E-state index in [2.05, 4.69) is 16.0 Å². The monoisotopic (exact) mass is 273 g/mol. The molecular formula is C15H19N3O2. The van der Waals surface area contributed by atoms with Crippen LogP contribution in [0.25, 0.3) is 0 Å². The van der Waals surface area contributed by atoms with E-state index in [4.69, 9.17) is 15.2 Å². The van der Waals surface area contributed by atoms with Crippen LogP contribution in [-0.2, 0) is 11.3 Å². The van der Waals surface area contributed by atoms with E-state index in [0.29, 0.717) is 24.1 Å². The van der Waals surface area contributed by atoms with Gasteiger partial charge in [0.1, 0.15) is 18.2 Å². The molecule has 0 unspecified atom stereocenters. The highest BCUT2D eigenvalue weighted by molar-refractivity contribution is 5.47. The number of nitrogens with two attached hydrogens (primary N) is 1. The fourth-order valence-corrected chi connectivity index (χ4v) is 1.93. The number of benzene rings is 1. The number of hydrogen-bond acceptors (Lipinski definition) is 5. The van der Waals surface area contributed by atoms with E-state index in [1.807, 2.05) is 26.8 Å². The number of nitrogen functional groups attached to an aromatic ring is 1. The molecule has 0 radical (unpaired) electrons. The quantitative estimate of drug-likeness (QED) is 0.927. The molecule has 0 aliphatic heterocycles. The van der Waals surface area contributed by atoms with Gasteiger partial charge in [0.05, 0.1) is 0 Å². The Labute approximate surface area is 118 Å². The third-order valence-electron chi connectivity index (χ3n) is 3.12. The molecule has 1 aromatic carbocycles. The average Bonchev–Trinajstić information content (AvgIpc) is 2.39. The van der Waals surface area contributed by atoms with Crippen molar-refractivity contribution in [1.82, 2.24) is 9.97 Å². The van der Waals surface area contributed by atoms with Crippen molar-refractivity contribution in [3.05, 3.63) is 40.7 Å². The van der Waals surface area contributed by atoms with Crippen LogP contribution in [0.4, 0.5) is 5.82 Å². The van der Waals surface area contributed by atoms with Crippen LogP contribution in [0, 0.1) is 20.8 Å². The van der Waals surface area contributed by atoms with Crippen molar-refractivity contribution in [1.29, 1.82) is 0 Å². The number of anilines is 1. The first-order chi connectivity index (χ1) is 9.51. The summed E-state index contributed by atoms with van der Waals surface area (Å²) in [5.74, 6) is 2.11. The van der Waals surface area contributed by atoms with Crippen LogP contribution in [0.15, 0.2) is 18.2 Å². The number of aryl methyl sites for hydroxylation is 2. The number of rotatable bonds is 4. The van der Waals surface area contributed by atoms with Gasteiger partial charge in [-0.2, -0.15) is 4.98 Å².